The van der Waals surface area contributed by atoms with E-state index in [1.165, 1.54) is 0 Å². The molecule has 4 nitrogen and oxygen atoms in total. The van der Waals surface area contributed by atoms with E-state index >= 15 is 0 Å². The molecule has 0 spiro atoms. The molecule has 3 aromatic heterocycles. The maximum atomic E-state index is 12.4. The Morgan fingerprint density at radius 1 is 1.16 bits per heavy atom. The number of fused-ring (bicyclic) bond motifs is 1. The number of aryl methyl sites for hydroxylation is 1. The van der Waals surface area contributed by atoms with Crippen LogP contribution in [0.15, 0.2) is 46.0 Å². The molecular formula is C15H12N2O2. The minimum absolute atomic E-state index is 0.0261. The summed E-state index contributed by atoms with van der Waals surface area (Å²) in [7, 11) is 0. The van der Waals surface area contributed by atoms with Crippen molar-refractivity contribution in [2.45, 2.75) is 13.8 Å². The first-order chi connectivity index (χ1) is 9.18. The number of rotatable bonds is 1. The van der Waals surface area contributed by atoms with Crippen molar-refractivity contribution < 1.29 is 4.42 Å². The summed E-state index contributed by atoms with van der Waals surface area (Å²) in [5.41, 5.74) is 2.51. The number of hydrogen-bond donors (Lipinski definition) is 0. The first-order valence-electron chi connectivity index (χ1n) is 5.98. The van der Waals surface area contributed by atoms with Crippen LogP contribution < -0.4 is 5.43 Å². The zero-order chi connectivity index (χ0) is 13.4. The highest BCUT2D eigenvalue weighted by atomic mass is 16.3. The standard InChI is InChI=1S/C15H12N2O2/c1-9-10(2)19-13-8-16-7-11(14(13)15(9)18)12-5-3-4-6-17-12/h3-8H,1-2H3. The Balaban J connectivity index is 2.45. The SMILES string of the molecule is Cc1oc2cncc(-c3ccccn3)c2c(=O)c1C. The van der Waals surface area contributed by atoms with Gasteiger partial charge >= 0.3 is 0 Å². The van der Waals surface area contributed by atoms with Crippen LogP contribution in [0, 0.1) is 13.8 Å². The second kappa shape index (κ2) is 4.31. The molecule has 0 atom stereocenters. The number of pyridine rings is 2. The van der Waals surface area contributed by atoms with Crippen LogP contribution in [0.3, 0.4) is 0 Å². The molecule has 0 aliphatic carbocycles. The second-order valence-electron chi connectivity index (χ2n) is 4.39. The molecule has 0 unspecified atom stereocenters. The molecule has 4 heteroatoms. The lowest BCUT2D eigenvalue weighted by Crippen LogP contribution is -2.09. The molecule has 0 aliphatic heterocycles. The third kappa shape index (κ3) is 1.81. The molecule has 3 heterocycles. The molecule has 0 saturated heterocycles. The summed E-state index contributed by atoms with van der Waals surface area (Å²) >= 11 is 0. The van der Waals surface area contributed by atoms with Crippen molar-refractivity contribution in [2.24, 2.45) is 0 Å². The molecule has 0 aliphatic rings. The summed E-state index contributed by atoms with van der Waals surface area (Å²) in [5.74, 6) is 0.623. The fourth-order valence-electron chi connectivity index (χ4n) is 2.06. The van der Waals surface area contributed by atoms with Gasteiger partial charge in [-0.1, -0.05) is 6.07 Å². The molecular weight excluding hydrogens is 240 g/mol. The van der Waals surface area contributed by atoms with E-state index in [1.54, 1.807) is 32.4 Å². The first-order valence-corrected chi connectivity index (χ1v) is 5.98. The molecule has 0 bridgehead atoms. The van der Waals surface area contributed by atoms with E-state index in [2.05, 4.69) is 9.97 Å². The molecule has 0 amide bonds. The van der Waals surface area contributed by atoms with Gasteiger partial charge in [0.1, 0.15) is 5.76 Å². The highest BCUT2D eigenvalue weighted by Crippen LogP contribution is 2.24. The van der Waals surface area contributed by atoms with Gasteiger partial charge in [0.25, 0.3) is 0 Å². The molecule has 0 N–H and O–H groups in total. The van der Waals surface area contributed by atoms with Gasteiger partial charge in [0.2, 0.25) is 0 Å². The predicted octanol–water partition coefficient (Wildman–Crippen LogP) is 2.87. The topological polar surface area (TPSA) is 56.0 Å². The Morgan fingerprint density at radius 3 is 2.74 bits per heavy atom. The number of hydrogen-bond acceptors (Lipinski definition) is 4. The van der Waals surface area contributed by atoms with Crippen LogP contribution in [-0.4, -0.2) is 9.97 Å². The molecule has 19 heavy (non-hydrogen) atoms. The van der Waals surface area contributed by atoms with E-state index in [4.69, 9.17) is 4.42 Å². The fourth-order valence-corrected chi connectivity index (χ4v) is 2.06. The molecule has 0 fully saturated rings. The Labute approximate surface area is 109 Å². The molecule has 0 saturated carbocycles. The summed E-state index contributed by atoms with van der Waals surface area (Å²) in [5, 5.41) is 0.539. The van der Waals surface area contributed by atoms with Gasteiger partial charge in [-0.25, -0.2) is 0 Å². The van der Waals surface area contributed by atoms with Gasteiger partial charge in [0.15, 0.2) is 11.0 Å². The van der Waals surface area contributed by atoms with Gasteiger partial charge in [-0.15, -0.1) is 0 Å². The van der Waals surface area contributed by atoms with E-state index in [0.29, 0.717) is 27.9 Å². The van der Waals surface area contributed by atoms with Gasteiger partial charge < -0.3 is 4.42 Å². The minimum Gasteiger partial charge on any atom is -0.459 e. The van der Waals surface area contributed by atoms with Crippen molar-refractivity contribution in [3.05, 3.63) is 58.3 Å². The maximum absolute atomic E-state index is 12.4. The molecule has 94 valence electrons. The summed E-state index contributed by atoms with van der Waals surface area (Å²) in [6.07, 6.45) is 4.91. The first kappa shape index (κ1) is 11.6. The summed E-state index contributed by atoms with van der Waals surface area (Å²) in [4.78, 5) is 20.8. The van der Waals surface area contributed by atoms with Crippen LogP contribution in [-0.2, 0) is 0 Å². The normalized spacial score (nSPS) is 10.8. The van der Waals surface area contributed by atoms with E-state index < -0.39 is 0 Å². The van der Waals surface area contributed by atoms with Crippen molar-refractivity contribution in [2.75, 3.05) is 0 Å². The van der Waals surface area contributed by atoms with Gasteiger partial charge in [0.05, 0.1) is 17.3 Å². The van der Waals surface area contributed by atoms with E-state index in [9.17, 15) is 4.79 Å². The Hall–Kier alpha value is -2.49. The van der Waals surface area contributed by atoms with E-state index in [0.717, 1.165) is 5.69 Å². The van der Waals surface area contributed by atoms with Crippen molar-refractivity contribution in [3.8, 4) is 11.3 Å². The zero-order valence-electron chi connectivity index (χ0n) is 10.7. The predicted molar refractivity (Wildman–Crippen MR) is 73.0 cm³/mol. The highest BCUT2D eigenvalue weighted by molar-refractivity contribution is 5.91. The van der Waals surface area contributed by atoms with E-state index in [1.807, 2.05) is 18.2 Å². The third-order valence-corrected chi connectivity index (χ3v) is 3.21. The second-order valence-corrected chi connectivity index (χ2v) is 4.39. The lowest BCUT2D eigenvalue weighted by atomic mass is 10.1. The van der Waals surface area contributed by atoms with Gasteiger partial charge in [-0.2, -0.15) is 0 Å². The van der Waals surface area contributed by atoms with Crippen molar-refractivity contribution in [3.63, 3.8) is 0 Å². The minimum atomic E-state index is -0.0261. The molecule has 3 rings (SSSR count). The van der Waals surface area contributed by atoms with E-state index in [-0.39, 0.29) is 5.43 Å². The number of aromatic nitrogens is 2. The van der Waals surface area contributed by atoms with Crippen LogP contribution in [0.25, 0.3) is 22.2 Å². The lowest BCUT2D eigenvalue weighted by molar-refractivity contribution is 0.557. The van der Waals surface area contributed by atoms with Gasteiger partial charge in [0, 0.05) is 23.5 Å². The van der Waals surface area contributed by atoms with Crippen molar-refractivity contribution in [1.82, 2.24) is 9.97 Å². The average Bonchev–Trinajstić information content (AvgIpc) is 2.45. The monoisotopic (exact) mass is 252 g/mol. The Morgan fingerprint density at radius 2 is 2.00 bits per heavy atom. The zero-order valence-corrected chi connectivity index (χ0v) is 10.7. The fraction of sp³-hybridized carbons (Fsp3) is 0.133. The quantitative estimate of drug-likeness (QED) is 0.668. The summed E-state index contributed by atoms with van der Waals surface area (Å²) in [6, 6.07) is 5.56. The highest BCUT2D eigenvalue weighted by Gasteiger charge is 2.13. The summed E-state index contributed by atoms with van der Waals surface area (Å²) in [6.45, 7) is 3.55. The van der Waals surface area contributed by atoms with Crippen LogP contribution in [0.5, 0.6) is 0 Å². The average molecular weight is 252 g/mol. The van der Waals surface area contributed by atoms with Crippen LogP contribution in [0.2, 0.25) is 0 Å². The van der Waals surface area contributed by atoms with Gasteiger partial charge in [-0.05, 0) is 26.0 Å². The summed E-state index contributed by atoms with van der Waals surface area (Å²) < 4.78 is 5.65. The molecule has 3 aromatic rings. The Kier molecular flexibility index (Phi) is 2.63. The maximum Gasteiger partial charge on any atom is 0.196 e. The third-order valence-electron chi connectivity index (χ3n) is 3.21. The molecule has 0 radical (unpaired) electrons. The Bertz CT molecular complexity index is 807. The number of nitrogens with zero attached hydrogens (tertiary/aromatic N) is 2. The van der Waals surface area contributed by atoms with Crippen LogP contribution in [0.4, 0.5) is 0 Å². The smallest absolute Gasteiger partial charge is 0.196 e. The van der Waals surface area contributed by atoms with Gasteiger partial charge in [-0.3, -0.25) is 14.8 Å². The van der Waals surface area contributed by atoms with Crippen molar-refractivity contribution >= 4 is 11.0 Å². The molecule has 0 aromatic carbocycles. The largest absolute Gasteiger partial charge is 0.459 e. The van der Waals surface area contributed by atoms with Crippen LogP contribution >= 0.6 is 0 Å². The van der Waals surface area contributed by atoms with Crippen molar-refractivity contribution in [1.29, 1.82) is 0 Å². The van der Waals surface area contributed by atoms with Crippen LogP contribution in [0.1, 0.15) is 11.3 Å². The lowest BCUT2D eigenvalue weighted by Gasteiger charge is -2.06.